The minimum atomic E-state index is -0.118. The molecule has 2 aromatic rings. The standard InChI is InChI=1S/C7H7N3O/c1-4-2-6-5(3-8-4)7(11)10-9-6/h2-3H,1H3,(H2,9,10,11). The molecule has 0 amide bonds. The molecule has 2 N–H and O–H groups in total. The Morgan fingerprint density at radius 3 is 3.09 bits per heavy atom. The summed E-state index contributed by atoms with van der Waals surface area (Å²) in [5.74, 6) is 0. The Kier molecular flexibility index (Phi) is 1.09. The molecule has 0 bridgehead atoms. The van der Waals surface area contributed by atoms with Crippen molar-refractivity contribution in [1.29, 1.82) is 0 Å². The quantitative estimate of drug-likeness (QED) is 0.574. The van der Waals surface area contributed by atoms with Crippen LogP contribution in [-0.2, 0) is 0 Å². The number of fused-ring (bicyclic) bond motifs is 1. The molecule has 0 aromatic carbocycles. The topological polar surface area (TPSA) is 61.5 Å². The molecule has 0 aliphatic rings. The van der Waals surface area contributed by atoms with Gasteiger partial charge in [0.1, 0.15) is 0 Å². The van der Waals surface area contributed by atoms with Crippen molar-refractivity contribution >= 4 is 10.9 Å². The lowest BCUT2D eigenvalue weighted by Gasteiger charge is -1.88. The summed E-state index contributed by atoms with van der Waals surface area (Å²) in [7, 11) is 0. The van der Waals surface area contributed by atoms with Crippen LogP contribution in [0.1, 0.15) is 5.69 Å². The fraction of sp³-hybridized carbons (Fsp3) is 0.143. The molecule has 0 saturated carbocycles. The van der Waals surface area contributed by atoms with E-state index in [4.69, 9.17) is 0 Å². The van der Waals surface area contributed by atoms with Crippen LogP contribution in [0.5, 0.6) is 0 Å². The van der Waals surface area contributed by atoms with Gasteiger partial charge in [0.05, 0.1) is 10.9 Å². The number of hydrogen-bond acceptors (Lipinski definition) is 2. The summed E-state index contributed by atoms with van der Waals surface area (Å²) in [6, 6.07) is 1.83. The van der Waals surface area contributed by atoms with Crippen LogP contribution in [0, 0.1) is 6.92 Å². The van der Waals surface area contributed by atoms with Crippen molar-refractivity contribution in [1.82, 2.24) is 15.2 Å². The third-order valence-electron chi connectivity index (χ3n) is 1.60. The molecule has 0 radical (unpaired) electrons. The second kappa shape index (κ2) is 1.95. The summed E-state index contributed by atoms with van der Waals surface area (Å²) in [6.07, 6.45) is 1.57. The van der Waals surface area contributed by atoms with Crippen molar-refractivity contribution in [2.45, 2.75) is 6.92 Å². The highest BCUT2D eigenvalue weighted by Crippen LogP contribution is 2.04. The van der Waals surface area contributed by atoms with E-state index in [0.717, 1.165) is 11.2 Å². The van der Waals surface area contributed by atoms with Gasteiger partial charge in [-0.15, -0.1) is 0 Å². The molecule has 0 atom stereocenters. The number of H-pyrrole nitrogens is 2. The van der Waals surface area contributed by atoms with Crippen LogP contribution in [0.15, 0.2) is 17.1 Å². The number of aromatic nitrogens is 3. The molecule has 2 heterocycles. The molecule has 4 nitrogen and oxygen atoms in total. The normalized spacial score (nSPS) is 10.6. The zero-order chi connectivity index (χ0) is 7.84. The summed E-state index contributed by atoms with van der Waals surface area (Å²) in [5, 5.41) is 5.84. The lowest BCUT2D eigenvalue weighted by atomic mass is 10.3. The Bertz CT molecular complexity index is 440. The Labute approximate surface area is 62.3 Å². The van der Waals surface area contributed by atoms with Gasteiger partial charge in [-0.05, 0) is 13.0 Å². The Morgan fingerprint density at radius 1 is 1.45 bits per heavy atom. The highest BCUT2D eigenvalue weighted by molar-refractivity contribution is 5.76. The maximum absolute atomic E-state index is 11.0. The van der Waals surface area contributed by atoms with Crippen LogP contribution in [0.3, 0.4) is 0 Å². The molecule has 2 rings (SSSR count). The smallest absolute Gasteiger partial charge is 0.273 e. The van der Waals surface area contributed by atoms with Gasteiger partial charge in [0.25, 0.3) is 5.56 Å². The van der Waals surface area contributed by atoms with Crippen molar-refractivity contribution in [3.8, 4) is 0 Å². The van der Waals surface area contributed by atoms with E-state index in [1.165, 1.54) is 0 Å². The number of nitrogens with zero attached hydrogens (tertiary/aromatic N) is 1. The van der Waals surface area contributed by atoms with Crippen molar-refractivity contribution in [2.24, 2.45) is 0 Å². The minimum Gasteiger partial charge on any atom is -0.297 e. The van der Waals surface area contributed by atoms with E-state index < -0.39 is 0 Å². The largest absolute Gasteiger partial charge is 0.297 e. The summed E-state index contributed by atoms with van der Waals surface area (Å²) in [4.78, 5) is 15.0. The highest BCUT2D eigenvalue weighted by Gasteiger charge is 1.99. The zero-order valence-corrected chi connectivity index (χ0v) is 6.01. The Balaban J connectivity index is 2.97. The van der Waals surface area contributed by atoms with Gasteiger partial charge < -0.3 is 0 Å². The van der Waals surface area contributed by atoms with Gasteiger partial charge in [-0.1, -0.05) is 0 Å². The van der Waals surface area contributed by atoms with Gasteiger partial charge in [0, 0.05) is 11.9 Å². The van der Waals surface area contributed by atoms with Gasteiger partial charge in [-0.3, -0.25) is 20.0 Å². The lowest BCUT2D eigenvalue weighted by Crippen LogP contribution is -1.97. The van der Waals surface area contributed by atoms with E-state index in [1.807, 2.05) is 13.0 Å². The molecule has 0 spiro atoms. The second-order valence-corrected chi connectivity index (χ2v) is 2.45. The lowest BCUT2D eigenvalue weighted by molar-refractivity contribution is 1.08. The molecule has 0 saturated heterocycles. The summed E-state index contributed by atoms with van der Waals surface area (Å²) >= 11 is 0. The zero-order valence-electron chi connectivity index (χ0n) is 6.01. The predicted octanol–water partition coefficient (Wildman–Crippen LogP) is 0.560. The molecule has 0 aliphatic carbocycles. The van der Waals surface area contributed by atoms with E-state index in [1.54, 1.807) is 6.20 Å². The van der Waals surface area contributed by atoms with Crippen molar-refractivity contribution in [2.75, 3.05) is 0 Å². The van der Waals surface area contributed by atoms with E-state index in [0.29, 0.717) is 5.39 Å². The van der Waals surface area contributed by atoms with Crippen LogP contribution in [-0.4, -0.2) is 15.2 Å². The fourth-order valence-corrected chi connectivity index (χ4v) is 1.04. The van der Waals surface area contributed by atoms with Gasteiger partial charge >= 0.3 is 0 Å². The molecular formula is C7H7N3O. The first-order valence-electron chi connectivity index (χ1n) is 3.30. The van der Waals surface area contributed by atoms with Gasteiger partial charge in [0.2, 0.25) is 0 Å². The average Bonchev–Trinajstić information content (AvgIpc) is 2.32. The van der Waals surface area contributed by atoms with E-state index in [2.05, 4.69) is 15.2 Å². The van der Waals surface area contributed by atoms with Crippen LogP contribution in [0.2, 0.25) is 0 Å². The van der Waals surface area contributed by atoms with E-state index >= 15 is 0 Å². The van der Waals surface area contributed by atoms with Crippen LogP contribution in [0.25, 0.3) is 10.9 Å². The average molecular weight is 149 g/mol. The van der Waals surface area contributed by atoms with Crippen molar-refractivity contribution < 1.29 is 0 Å². The number of pyridine rings is 1. The maximum Gasteiger partial charge on any atom is 0.273 e. The minimum absolute atomic E-state index is 0.118. The first kappa shape index (κ1) is 6.15. The first-order chi connectivity index (χ1) is 5.27. The summed E-state index contributed by atoms with van der Waals surface area (Å²) < 4.78 is 0. The number of aromatic amines is 2. The van der Waals surface area contributed by atoms with Gasteiger partial charge in [-0.25, -0.2) is 0 Å². The monoisotopic (exact) mass is 149 g/mol. The number of nitrogens with one attached hydrogen (secondary N) is 2. The fourth-order valence-electron chi connectivity index (χ4n) is 1.04. The molecule has 56 valence electrons. The molecule has 0 fully saturated rings. The Morgan fingerprint density at radius 2 is 2.27 bits per heavy atom. The third-order valence-corrected chi connectivity index (χ3v) is 1.60. The van der Waals surface area contributed by atoms with Crippen molar-refractivity contribution in [3.05, 3.63) is 28.3 Å². The highest BCUT2D eigenvalue weighted by atomic mass is 16.1. The molecular weight excluding hydrogens is 142 g/mol. The number of rotatable bonds is 0. The summed E-state index contributed by atoms with van der Waals surface area (Å²) in [5.41, 5.74) is 1.59. The van der Waals surface area contributed by atoms with Crippen LogP contribution >= 0.6 is 0 Å². The van der Waals surface area contributed by atoms with E-state index in [9.17, 15) is 4.79 Å². The number of aryl methyl sites for hydroxylation is 1. The first-order valence-corrected chi connectivity index (χ1v) is 3.30. The molecule has 0 aliphatic heterocycles. The van der Waals surface area contributed by atoms with Gasteiger partial charge in [0.15, 0.2) is 0 Å². The SMILES string of the molecule is Cc1cc2[nH][nH]c(=O)c2cn1. The van der Waals surface area contributed by atoms with Gasteiger partial charge in [-0.2, -0.15) is 0 Å². The third kappa shape index (κ3) is 0.832. The molecule has 2 aromatic heterocycles. The maximum atomic E-state index is 11.0. The molecule has 0 unspecified atom stereocenters. The molecule has 11 heavy (non-hydrogen) atoms. The van der Waals surface area contributed by atoms with Crippen LogP contribution in [0.4, 0.5) is 0 Å². The summed E-state index contributed by atoms with van der Waals surface area (Å²) in [6.45, 7) is 1.88. The van der Waals surface area contributed by atoms with E-state index in [-0.39, 0.29) is 5.56 Å². The van der Waals surface area contributed by atoms with Crippen molar-refractivity contribution in [3.63, 3.8) is 0 Å². The number of hydrogen-bond donors (Lipinski definition) is 2. The predicted molar refractivity (Wildman–Crippen MR) is 41.5 cm³/mol. The Hall–Kier alpha value is -1.58. The second-order valence-electron chi connectivity index (χ2n) is 2.45. The van der Waals surface area contributed by atoms with Crippen LogP contribution < -0.4 is 5.56 Å². The molecule has 4 heteroatoms.